The lowest BCUT2D eigenvalue weighted by Gasteiger charge is -2.08. The third kappa shape index (κ3) is 5.70. The molecule has 1 amide bonds. The van der Waals surface area contributed by atoms with Gasteiger partial charge < -0.3 is 16.2 Å². The maximum Gasteiger partial charge on any atom is 0.320 e. The Balaban J connectivity index is 2.08. The minimum atomic E-state index is -0.972. The van der Waals surface area contributed by atoms with Gasteiger partial charge in [-0.3, -0.25) is 9.59 Å². The fourth-order valence-corrected chi connectivity index (χ4v) is 1.97. The number of carbonyl (C=O) groups is 2. The lowest BCUT2D eigenvalue weighted by Crippen LogP contribution is -2.30. The summed E-state index contributed by atoms with van der Waals surface area (Å²) in [6, 6.07) is -0.798. The summed E-state index contributed by atoms with van der Waals surface area (Å²) in [6.07, 6.45) is 7.32. The second kappa shape index (κ2) is 7.74. The molecule has 1 aliphatic carbocycles. The van der Waals surface area contributed by atoms with E-state index in [-0.39, 0.29) is 5.91 Å². The zero-order valence-electron chi connectivity index (χ0n) is 11.3. The van der Waals surface area contributed by atoms with Gasteiger partial charge in [-0.2, -0.15) is 0 Å². The van der Waals surface area contributed by atoms with Crippen molar-refractivity contribution in [1.29, 1.82) is 0 Å². The molecule has 0 aromatic carbocycles. The van der Waals surface area contributed by atoms with Gasteiger partial charge in [-0.25, -0.2) is 0 Å². The van der Waals surface area contributed by atoms with Crippen LogP contribution in [0.2, 0.25) is 0 Å². The van der Waals surface area contributed by atoms with Crippen molar-refractivity contribution in [2.24, 2.45) is 5.73 Å². The van der Waals surface area contributed by atoms with Gasteiger partial charge in [0.15, 0.2) is 0 Å². The number of nitrogens with one attached hydrogen (secondary N) is 1. The molecular weight excluding hydrogens is 244 g/mol. The maximum atomic E-state index is 11.7. The van der Waals surface area contributed by atoms with Gasteiger partial charge in [0.05, 0.1) is 0 Å². The van der Waals surface area contributed by atoms with Crippen molar-refractivity contribution < 1.29 is 14.7 Å². The number of allylic oxidation sites excluding steroid dienone is 3. The maximum absolute atomic E-state index is 11.7. The zero-order valence-corrected chi connectivity index (χ0v) is 11.3. The summed E-state index contributed by atoms with van der Waals surface area (Å²) in [4.78, 5) is 22.1. The van der Waals surface area contributed by atoms with E-state index in [1.54, 1.807) is 0 Å². The predicted molar refractivity (Wildman–Crippen MR) is 73.5 cm³/mol. The minimum Gasteiger partial charge on any atom is -0.480 e. The summed E-state index contributed by atoms with van der Waals surface area (Å²) in [5.41, 5.74) is 7.74. The Bertz CT molecular complexity index is 399. The first kappa shape index (κ1) is 15.4. The number of carboxylic acids is 1. The van der Waals surface area contributed by atoms with E-state index in [0.717, 1.165) is 12.8 Å². The van der Waals surface area contributed by atoms with Gasteiger partial charge in [-0.1, -0.05) is 23.3 Å². The van der Waals surface area contributed by atoms with Crippen LogP contribution in [0.25, 0.3) is 0 Å². The second-order valence-corrected chi connectivity index (χ2v) is 4.86. The highest BCUT2D eigenvalue weighted by Gasteiger charge is 2.11. The summed E-state index contributed by atoms with van der Waals surface area (Å²) in [5, 5.41) is 11.4. The first-order valence-electron chi connectivity index (χ1n) is 6.61. The standard InChI is InChI=1S/C14H22N2O3/c1-10-5-4-6-11(10)9-13(17)16-8-3-2-7-12(15)14(18)19/h4-5,12H,2-3,6-9,15H2,1H3,(H,16,17)(H,18,19)/t12-/m0/s1. The third-order valence-electron chi connectivity index (χ3n) is 3.24. The number of hydrogen-bond acceptors (Lipinski definition) is 3. The van der Waals surface area contributed by atoms with E-state index in [9.17, 15) is 9.59 Å². The van der Waals surface area contributed by atoms with Gasteiger partial charge >= 0.3 is 5.97 Å². The highest BCUT2D eigenvalue weighted by molar-refractivity contribution is 5.79. The third-order valence-corrected chi connectivity index (χ3v) is 3.24. The van der Waals surface area contributed by atoms with Crippen LogP contribution in [0.1, 0.15) is 39.0 Å². The first-order chi connectivity index (χ1) is 9.00. The summed E-state index contributed by atoms with van der Waals surface area (Å²) in [7, 11) is 0. The van der Waals surface area contributed by atoms with Gasteiger partial charge in [0.25, 0.3) is 0 Å². The van der Waals surface area contributed by atoms with Gasteiger partial charge in [0, 0.05) is 13.0 Å². The molecule has 0 saturated carbocycles. The van der Waals surface area contributed by atoms with E-state index in [2.05, 4.69) is 11.4 Å². The highest BCUT2D eigenvalue weighted by Crippen LogP contribution is 2.21. The van der Waals surface area contributed by atoms with Crippen LogP contribution in [0.3, 0.4) is 0 Å². The predicted octanol–water partition coefficient (Wildman–Crippen LogP) is 1.35. The average Bonchev–Trinajstić information content (AvgIpc) is 2.74. The average molecular weight is 266 g/mol. The quantitative estimate of drug-likeness (QED) is 0.578. The number of hydrogen-bond donors (Lipinski definition) is 3. The van der Waals surface area contributed by atoms with E-state index < -0.39 is 12.0 Å². The molecule has 1 atom stereocenters. The Hall–Kier alpha value is -1.62. The first-order valence-corrected chi connectivity index (χ1v) is 6.61. The molecule has 0 heterocycles. The molecule has 0 fully saturated rings. The second-order valence-electron chi connectivity index (χ2n) is 4.86. The molecule has 0 radical (unpaired) electrons. The van der Waals surface area contributed by atoms with Crippen molar-refractivity contribution in [2.45, 2.75) is 45.1 Å². The fraction of sp³-hybridized carbons (Fsp3) is 0.571. The van der Waals surface area contributed by atoms with Gasteiger partial charge in [0.1, 0.15) is 6.04 Å². The minimum absolute atomic E-state index is 0.0283. The van der Waals surface area contributed by atoms with Crippen LogP contribution in [0.5, 0.6) is 0 Å². The summed E-state index contributed by atoms with van der Waals surface area (Å²) in [6.45, 7) is 2.59. The van der Waals surface area contributed by atoms with Gasteiger partial charge in [-0.15, -0.1) is 0 Å². The fourth-order valence-electron chi connectivity index (χ4n) is 1.97. The molecule has 0 saturated heterocycles. The number of unbranched alkanes of at least 4 members (excludes halogenated alkanes) is 1. The van der Waals surface area contributed by atoms with Crippen LogP contribution in [-0.2, 0) is 9.59 Å². The molecule has 0 unspecified atom stereocenters. The van der Waals surface area contributed by atoms with E-state index >= 15 is 0 Å². The Morgan fingerprint density at radius 3 is 2.79 bits per heavy atom. The van der Waals surface area contributed by atoms with Crippen LogP contribution in [-0.4, -0.2) is 29.6 Å². The largest absolute Gasteiger partial charge is 0.480 e. The Labute approximate surface area is 113 Å². The topological polar surface area (TPSA) is 92.4 Å². The Morgan fingerprint density at radius 2 is 2.21 bits per heavy atom. The lowest BCUT2D eigenvalue weighted by molar-refractivity contribution is -0.138. The molecule has 4 N–H and O–H groups in total. The molecule has 5 nitrogen and oxygen atoms in total. The molecule has 19 heavy (non-hydrogen) atoms. The number of amides is 1. The Kier molecular flexibility index (Phi) is 6.29. The van der Waals surface area contributed by atoms with E-state index in [0.29, 0.717) is 25.8 Å². The lowest BCUT2D eigenvalue weighted by atomic mass is 10.1. The molecule has 0 aliphatic heterocycles. The molecule has 0 aromatic heterocycles. The van der Waals surface area contributed by atoms with Crippen LogP contribution in [0.4, 0.5) is 0 Å². The summed E-state index contributed by atoms with van der Waals surface area (Å²) in [5.74, 6) is -0.944. The van der Waals surface area contributed by atoms with E-state index in [1.807, 2.05) is 13.0 Å². The molecule has 106 valence electrons. The molecule has 5 heteroatoms. The van der Waals surface area contributed by atoms with Crippen LogP contribution in [0, 0.1) is 0 Å². The number of carbonyl (C=O) groups excluding carboxylic acids is 1. The molecule has 0 aromatic rings. The molecular formula is C14H22N2O3. The molecule has 1 rings (SSSR count). The number of rotatable bonds is 8. The van der Waals surface area contributed by atoms with Crippen molar-refractivity contribution in [3.05, 3.63) is 23.3 Å². The van der Waals surface area contributed by atoms with Crippen molar-refractivity contribution in [2.75, 3.05) is 6.54 Å². The van der Waals surface area contributed by atoms with Crippen LogP contribution >= 0.6 is 0 Å². The van der Waals surface area contributed by atoms with E-state index in [1.165, 1.54) is 11.1 Å². The molecule has 0 spiro atoms. The SMILES string of the molecule is CC1=C(CC(=O)NCCCC[C@H](N)C(=O)O)CC=C1. The normalized spacial score (nSPS) is 15.7. The van der Waals surface area contributed by atoms with Crippen LogP contribution in [0.15, 0.2) is 23.3 Å². The Morgan fingerprint density at radius 1 is 1.47 bits per heavy atom. The summed E-state index contributed by atoms with van der Waals surface area (Å²) < 4.78 is 0. The van der Waals surface area contributed by atoms with Gasteiger partial charge in [-0.05, 0) is 32.6 Å². The molecule has 0 bridgehead atoms. The monoisotopic (exact) mass is 266 g/mol. The van der Waals surface area contributed by atoms with Crippen molar-refractivity contribution in [3.63, 3.8) is 0 Å². The highest BCUT2D eigenvalue weighted by atomic mass is 16.4. The number of carboxylic acid groups (broad SMARTS) is 1. The molecule has 1 aliphatic rings. The van der Waals surface area contributed by atoms with Crippen LogP contribution < -0.4 is 11.1 Å². The zero-order chi connectivity index (χ0) is 14.3. The van der Waals surface area contributed by atoms with Gasteiger partial charge in [0.2, 0.25) is 5.91 Å². The van der Waals surface area contributed by atoms with Crippen molar-refractivity contribution >= 4 is 11.9 Å². The van der Waals surface area contributed by atoms with Crippen molar-refractivity contribution in [1.82, 2.24) is 5.32 Å². The summed E-state index contributed by atoms with van der Waals surface area (Å²) >= 11 is 0. The smallest absolute Gasteiger partial charge is 0.320 e. The number of nitrogens with two attached hydrogens (primary N) is 1. The number of aliphatic carboxylic acids is 1. The van der Waals surface area contributed by atoms with E-state index in [4.69, 9.17) is 10.8 Å². The van der Waals surface area contributed by atoms with Crippen molar-refractivity contribution in [3.8, 4) is 0 Å².